The van der Waals surface area contributed by atoms with Gasteiger partial charge in [-0.05, 0) is 65.2 Å². The average molecular weight is 386 g/mol. The molecule has 0 spiro atoms. The van der Waals surface area contributed by atoms with Gasteiger partial charge in [-0.25, -0.2) is 0 Å². The molecule has 0 aromatic rings. The van der Waals surface area contributed by atoms with Crippen LogP contribution in [0.1, 0.15) is 80.1 Å². The maximum atomic E-state index is 12.6. The van der Waals surface area contributed by atoms with Gasteiger partial charge in [0.15, 0.2) is 11.6 Å². The van der Waals surface area contributed by atoms with Crippen molar-refractivity contribution in [3.8, 4) is 0 Å². The van der Waals surface area contributed by atoms with Gasteiger partial charge in [0.1, 0.15) is 11.2 Å². The van der Waals surface area contributed by atoms with Gasteiger partial charge in [0.25, 0.3) is 0 Å². The molecule has 26 heavy (non-hydrogen) atoms. The van der Waals surface area contributed by atoms with Crippen LogP contribution < -0.4 is 0 Å². The van der Waals surface area contributed by atoms with Crippen LogP contribution in [0, 0.1) is 23.7 Å². The van der Waals surface area contributed by atoms with E-state index in [0.29, 0.717) is 11.8 Å². The predicted octanol–water partition coefficient (Wildman–Crippen LogP) is 4.98. The van der Waals surface area contributed by atoms with Crippen molar-refractivity contribution in [2.24, 2.45) is 23.7 Å². The Kier molecular flexibility index (Phi) is 6.91. The van der Waals surface area contributed by atoms with Crippen molar-refractivity contribution < 1.29 is 23.2 Å². The van der Waals surface area contributed by atoms with E-state index in [1.54, 1.807) is 27.7 Å². The molecule has 0 N–H and O–H groups in total. The molecule has 150 valence electrons. The second-order valence-corrected chi connectivity index (χ2v) is 10.00. The summed E-state index contributed by atoms with van der Waals surface area (Å²) in [5.74, 6) is 1.16. The zero-order chi connectivity index (χ0) is 19.7. The van der Waals surface area contributed by atoms with Gasteiger partial charge in [-0.3, -0.25) is 23.2 Å². The van der Waals surface area contributed by atoms with Crippen LogP contribution in [-0.4, -0.2) is 22.8 Å². The maximum Gasteiger partial charge on any atom is 0.321 e. The Hall–Kier alpha value is -0.510. The summed E-state index contributed by atoms with van der Waals surface area (Å²) < 4.78 is 23.4. The van der Waals surface area contributed by atoms with E-state index in [1.807, 2.05) is 0 Å². The fourth-order valence-electron chi connectivity index (χ4n) is 4.09. The van der Waals surface area contributed by atoms with Gasteiger partial charge in [-0.2, -0.15) is 0 Å². The largest absolute Gasteiger partial charge is 0.321 e. The topological polar surface area (TPSA) is 69.7 Å². The molecule has 0 saturated heterocycles. The SMILES string of the molecule is CCC1CC(C(=O)C(C)(C)O[PH](=O)OC(C)(C)C(=O)C2CC(CC)C2)C1. The van der Waals surface area contributed by atoms with E-state index >= 15 is 0 Å². The third kappa shape index (κ3) is 4.85. The molecule has 0 aromatic carbocycles. The number of ketones is 2. The minimum atomic E-state index is -2.96. The normalized spacial score (nSPS) is 30.2. The Morgan fingerprint density at radius 2 is 1.12 bits per heavy atom. The lowest BCUT2D eigenvalue weighted by Crippen LogP contribution is -2.45. The van der Waals surface area contributed by atoms with Gasteiger partial charge < -0.3 is 0 Å². The highest BCUT2D eigenvalue weighted by Crippen LogP contribution is 2.45. The number of hydrogen-bond acceptors (Lipinski definition) is 5. The predicted molar refractivity (Wildman–Crippen MR) is 102 cm³/mol. The molecule has 0 aromatic heterocycles. The molecule has 0 unspecified atom stereocenters. The van der Waals surface area contributed by atoms with Crippen LogP contribution >= 0.6 is 8.25 Å². The molecule has 5 nitrogen and oxygen atoms in total. The maximum absolute atomic E-state index is 12.6. The van der Waals surface area contributed by atoms with Crippen molar-refractivity contribution in [2.45, 2.75) is 91.3 Å². The van der Waals surface area contributed by atoms with Gasteiger partial charge >= 0.3 is 8.25 Å². The number of rotatable bonds is 10. The Labute approximate surface area is 158 Å². The Morgan fingerprint density at radius 3 is 1.38 bits per heavy atom. The van der Waals surface area contributed by atoms with Gasteiger partial charge in [0.05, 0.1) is 0 Å². The Bertz CT molecular complexity index is 509. The molecule has 0 atom stereocenters. The zero-order valence-corrected chi connectivity index (χ0v) is 18.1. The fourth-order valence-corrected chi connectivity index (χ4v) is 5.16. The van der Waals surface area contributed by atoms with Crippen LogP contribution in [-0.2, 0) is 23.2 Å². The van der Waals surface area contributed by atoms with Crippen LogP contribution in [0.2, 0.25) is 0 Å². The summed E-state index contributed by atoms with van der Waals surface area (Å²) in [6, 6.07) is 0. The molecule has 0 bridgehead atoms. The second kappa shape index (κ2) is 8.24. The molecule has 0 radical (unpaired) electrons. The summed E-state index contributed by atoms with van der Waals surface area (Å²) in [5, 5.41) is 0. The van der Waals surface area contributed by atoms with E-state index in [1.165, 1.54) is 0 Å². The van der Waals surface area contributed by atoms with E-state index in [-0.39, 0.29) is 23.4 Å². The molecule has 2 fully saturated rings. The van der Waals surface area contributed by atoms with E-state index in [2.05, 4.69) is 13.8 Å². The molecule has 0 aliphatic heterocycles. The van der Waals surface area contributed by atoms with Crippen molar-refractivity contribution in [3.63, 3.8) is 0 Å². The third-order valence-corrected chi connectivity index (χ3v) is 7.59. The summed E-state index contributed by atoms with van der Waals surface area (Å²) in [6.07, 6.45) is 5.70. The van der Waals surface area contributed by atoms with Crippen LogP contribution in [0.3, 0.4) is 0 Å². The van der Waals surface area contributed by atoms with Gasteiger partial charge in [0.2, 0.25) is 0 Å². The Balaban J connectivity index is 1.86. The first-order valence-corrected chi connectivity index (χ1v) is 11.2. The number of hydrogen-bond donors (Lipinski definition) is 0. The molecule has 0 heterocycles. The third-order valence-electron chi connectivity index (χ3n) is 6.23. The molecule has 2 saturated carbocycles. The standard InChI is InChI=1S/C20H35O5P/c1-7-13-9-15(10-13)17(21)19(3,4)24-26(23)25-20(5,6)18(22)16-11-14(8-2)12-16/h13-16,26H,7-12H2,1-6H3. The first-order chi connectivity index (χ1) is 12.0. The van der Waals surface area contributed by atoms with Crippen LogP contribution in [0.4, 0.5) is 0 Å². The lowest BCUT2D eigenvalue weighted by molar-refractivity contribution is -0.144. The minimum absolute atomic E-state index is 0.0136. The molecular formula is C20H35O5P. The van der Waals surface area contributed by atoms with Gasteiger partial charge in [0, 0.05) is 11.8 Å². The Morgan fingerprint density at radius 1 is 0.808 bits per heavy atom. The fraction of sp³-hybridized carbons (Fsp3) is 0.900. The zero-order valence-electron chi connectivity index (χ0n) is 17.1. The highest BCUT2D eigenvalue weighted by atomic mass is 31.1. The summed E-state index contributed by atoms with van der Waals surface area (Å²) in [7, 11) is -2.96. The minimum Gasteiger partial charge on any atom is -0.297 e. The lowest BCUT2D eigenvalue weighted by atomic mass is 9.69. The molecular weight excluding hydrogens is 351 g/mol. The monoisotopic (exact) mass is 386 g/mol. The van der Waals surface area contributed by atoms with E-state index in [4.69, 9.17) is 9.05 Å². The first-order valence-electron chi connectivity index (χ1n) is 10.0. The number of carbonyl (C=O) groups is 2. The summed E-state index contributed by atoms with van der Waals surface area (Å²) in [6.45, 7) is 10.8. The second-order valence-electron chi connectivity index (χ2n) is 9.09. The highest BCUT2D eigenvalue weighted by Gasteiger charge is 2.45. The molecule has 2 aliphatic rings. The van der Waals surface area contributed by atoms with Crippen LogP contribution in [0.15, 0.2) is 0 Å². The molecule has 2 aliphatic carbocycles. The summed E-state index contributed by atoms with van der Waals surface area (Å²) in [4.78, 5) is 25.2. The van der Waals surface area contributed by atoms with Crippen LogP contribution in [0.5, 0.6) is 0 Å². The van der Waals surface area contributed by atoms with Crippen molar-refractivity contribution in [2.75, 3.05) is 0 Å². The van der Waals surface area contributed by atoms with Crippen molar-refractivity contribution in [3.05, 3.63) is 0 Å². The molecule has 0 amide bonds. The smallest absolute Gasteiger partial charge is 0.297 e. The number of Topliss-reactive ketones (excluding diaryl/α,β-unsaturated/α-hetero) is 2. The lowest BCUT2D eigenvalue weighted by Gasteiger charge is -2.39. The van der Waals surface area contributed by atoms with Crippen LogP contribution in [0.25, 0.3) is 0 Å². The molecule has 6 heteroatoms. The van der Waals surface area contributed by atoms with Crippen molar-refractivity contribution in [1.82, 2.24) is 0 Å². The average Bonchev–Trinajstić information content (AvgIpc) is 2.43. The van der Waals surface area contributed by atoms with E-state index < -0.39 is 19.5 Å². The van der Waals surface area contributed by atoms with E-state index in [0.717, 1.165) is 38.5 Å². The van der Waals surface area contributed by atoms with Crippen molar-refractivity contribution in [1.29, 1.82) is 0 Å². The highest BCUT2D eigenvalue weighted by molar-refractivity contribution is 7.33. The van der Waals surface area contributed by atoms with Crippen molar-refractivity contribution >= 4 is 19.8 Å². The summed E-state index contributed by atoms with van der Waals surface area (Å²) >= 11 is 0. The van der Waals surface area contributed by atoms with Gasteiger partial charge in [-0.15, -0.1) is 0 Å². The number of carbonyl (C=O) groups excluding carboxylic acids is 2. The quantitative estimate of drug-likeness (QED) is 0.495. The van der Waals surface area contributed by atoms with E-state index in [9.17, 15) is 14.2 Å². The first kappa shape index (κ1) is 21.8. The summed E-state index contributed by atoms with van der Waals surface area (Å²) in [5.41, 5.74) is -2.30. The molecule has 2 rings (SSSR count). The van der Waals surface area contributed by atoms with Gasteiger partial charge in [-0.1, -0.05) is 26.7 Å².